The summed E-state index contributed by atoms with van der Waals surface area (Å²) in [6.07, 6.45) is -2.08. The van der Waals surface area contributed by atoms with Gasteiger partial charge in [0.1, 0.15) is 11.3 Å². The fraction of sp³-hybridized carbons (Fsp3) is 0.438. The van der Waals surface area contributed by atoms with E-state index in [0.717, 1.165) is 19.3 Å². The van der Waals surface area contributed by atoms with Crippen LogP contribution in [0.2, 0.25) is 0 Å². The van der Waals surface area contributed by atoms with E-state index in [2.05, 4.69) is 0 Å². The van der Waals surface area contributed by atoms with Crippen molar-refractivity contribution in [2.24, 2.45) is 0 Å². The van der Waals surface area contributed by atoms with Gasteiger partial charge in [-0.25, -0.2) is 4.79 Å². The first-order chi connectivity index (χ1) is 10.4. The molecule has 22 heavy (non-hydrogen) atoms. The van der Waals surface area contributed by atoms with Gasteiger partial charge in [0.2, 0.25) is 0 Å². The van der Waals surface area contributed by atoms with Gasteiger partial charge in [-0.2, -0.15) is 13.2 Å². The molecule has 0 unspecified atom stereocenters. The highest BCUT2D eigenvalue weighted by molar-refractivity contribution is 5.88. The standard InChI is InChI=1S/C16H16F3NO2/c1-10-6-5-7-11-12(10)13(16(17,18)19)14(15(21)22-11)20-8-3-2-4-9-20/h5-7H,2-4,8-9H2,1H3. The molecule has 0 bridgehead atoms. The van der Waals surface area contributed by atoms with Crippen molar-refractivity contribution in [3.63, 3.8) is 0 Å². The Morgan fingerprint density at radius 3 is 2.45 bits per heavy atom. The van der Waals surface area contributed by atoms with E-state index in [1.807, 2.05) is 0 Å². The van der Waals surface area contributed by atoms with Gasteiger partial charge in [0.25, 0.3) is 0 Å². The van der Waals surface area contributed by atoms with Gasteiger partial charge in [-0.15, -0.1) is 0 Å². The summed E-state index contributed by atoms with van der Waals surface area (Å²) in [4.78, 5) is 13.7. The van der Waals surface area contributed by atoms with Crippen LogP contribution in [0.4, 0.5) is 18.9 Å². The highest BCUT2D eigenvalue weighted by Gasteiger charge is 2.40. The van der Waals surface area contributed by atoms with Gasteiger partial charge in [-0.3, -0.25) is 0 Å². The Labute approximate surface area is 125 Å². The molecule has 3 rings (SSSR count). The molecule has 1 saturated heterocycles. The third-order valence-electron chi connectivity index (χ3n) is 4.07. The SMILES string of the molecule is Cc1cccc2oc(=O)c(N3CCCCC3)c(C(F)(F)F)c12. The molecule has 2 aromatic rings. The zero-order valence-electron chi connectivity index (χ0n) is 12.2. The van der Waals surface area contributed by atoms with Gasteiger partial charge in [0.15, 0.2) is 0 Å². The van der Waals surface area contributed by atoms with Crippen molar-refractivity contribution in [2.45, 2.75) is 32.4 Å². The molecule has 1 aromatic carbocycles. The lowest BCUT2D eigenvalue weighted by atomic mass is 10.0. The van der Waals surface area contributed by atoms with Crippen LogP contribution in [-0.2, 0) is 6.18 Å². The van der Waals surface area contributed by atoms with Crippen molar-refractivity contribution >= 4 is 16.7 Å². The maximum Gasteiger partial charge on any atom is 0.419 e. The van der Waals surface area contributed by atoms with Crippen LogP contribution >= 0.6 is 0 Å². The predicted molar refractivity (Wildman–Crippen MR) is 78.3 cm³/mol. The summed E-state index contributed by atoms with van der Waals surface area (Å²) >= 11 is 0. The van der Waals surface area contributed by atoms with E-state index in [-0.39, 0.29) is 16.7 Å². The molecule has 3 nitrogen and oxygen atoms in total. The monoisotopic (exact) mass is 311 g/mol. The van der Waals surface area contributed by atoms with E-state index < -0.39 is 17.4 Å². The number of alkyl halides is 3. The number of piperidine rings is 1. The second kappa shape index (κ2) is 5.34. The topological polar surface area (TPSA) is 33.5 Å². The first-order valence-electron chi connectivity index (χ1n) is 7.28. The summed E-state index contributed by atoms with van der Waals surface area (Å²) in [6, 6.07) is 4.58. The second-order valence-electron chi connectivity index (χ2n) is 5.61. The average Bonchev–Trinajstić information content (AvgIpc) is 2.46. The largest absolute Gasteiger partial charge is 0.421 e. The Balaban J connectivity index is 2.37. The summed E-state index contributed by atoms with van der Waals surface area (Å²) in [5, 5.41) is -0.0184. The van der Waals surface area contributed by atoms with Gasteiger partial charge >= 0.3 is 11.8 Å². The van der Waals surface area contributed by atoms with Gasteiger partial charge in [-0.1, -0.05) is 12.1 Å². The molecule has 6 heteroatoms. The molecular weight excluding hydrogens is 295 g/mol. The van der Waals surface area contributed by atoms with E-state index in [0.29, 0.717) is 18.7 Å². The first-order valence-corrected chi connectivity index (χ1v) is 7.28. The highest BCUT2D eigenvalue weighted by atomic mass is 19.4. The Morgan fingerprint density at radius 1 is 1.14 bits per heavy atom. The Hall–Kier alpha value is -1.98. The number of aryl methyl sites for hydroxylation is 1. The number of fused-ring (bicyclic) bond motifs is 1. The van der Waals surface area contributed by atoms with Gasteiger partial charge in [-0.05, 0) is 37.8 Å². The van der Waals surface area contributed by atoms with Crippen molar-refractivity contribution in [1.82, 2.24) is 0 Å². The molecule has 118 valence electrons. The van der Waals surface area contributed by atoms with Crippen molar-refractivity contribution in [2.75, 3.05) is 18.0 Å². The van der Waals surface area contributed by atoms with Crippen LogP contribution in [0.25, 0.3) is 11.0 Å². The van der Waals surface area contributed by atoms with Crippen molar-refractivity contribution in [3.05, 3.63) is 39.7 Å². The molecule has 0 N–H and O–H groups in total. The number of rotatable bonds is 1. The Kier molecular flexibility index (Phi) is 3.62. The van der Waals surface area contributed by atoms with E-state index in [9.17, 15) is 18.0 Å². The summed E-state index contributed by atoms with van der Waals surface area (Å²) in [7, 11) is 0. The van der Waals surface area contributed by atoms with E-state index >= 15 is 0 Å². The lowest BCUT2D eigenvalue weighted by Gasteiger charge is -2.30. The van der Waals surface area contributed by atoms with E-state index in [1.54, 1.807) is 19.1 Å². The molecule has 0 saturated carbocycles. The number of nitrogens with zero attached hydrogens (tertiary/aromatic N) is 1. The zero-order chi connectivity index (χ0) is 15.9. The minimum atomic E-state index is -4.60. The molecular formula is C16H16F3NO2. The fourth-order valence-corrected chi connectivity index (χ4v) is 3.10. The maximum absolute atomic E-state index is 13.7. The summed E-state index contributed by atoms with van der Waals surface area (Å²) in [5.74, 6) is 0. The molecule has 0 atom stereocenters. The Morgan fingerprint density at radius 2 is 1.82 bits per heavy atom. The minimum Gasteiger partial charge on any atom is -0.421 e. The Bertz CT molecular complexity index is 758. The van der Waals surface area contributed by atoms with Gasteiger partial charge in [0.05, 0.1) is 5.56 Å². The highest BCUT2D eigenvalue weighted by Crippen LogP contribution is 2.41. The van der Waals surface area contributed by atoms with Crippen molar-refractivity contribution in [3.8, 4) is 0 Å². The van der Waals surface area contributed by atoms with Crippen LogP contribution in [-0.4, -0.2) is 13.1 Å². The third kappa shape index (κ3) is 2.46. The number of hydrogen-bond donors (Lipinski definition) is 0. The van der Waals surface area contributed by atoms with Crippen LogP contribution in [0.5, 0.6) is 0 Å². The lowest BCUT2D eigenvalue weighted by Crippen LogP contribution is -2.35. The second-order valence-corrected chi connectivity index (χ2v) is 5.61. The molecule has 0 aliphatic carbocycles. The van der Waals surface area contributed by atoms with Crippen molar-refractivity contribution in [1.29, 1.82) is 0 Å². The molecule has 1 aliphatic heterocycles. The van der Waals surface area contributed by atoms with Gasteiger partial charge in [0, 0.05) is 18.5 Å². The smallest absolute Gasteiger partial charge is 0.419 e. The fourth-order valence-electron chi connectivity index (χ4n) is 3.10. The molecule has 0 spiro atoms. The summed E-state index contributed by atoms with van der Waals surface area (Å²) in [6.45, 7) is 2.49. The molecule has 1 fully saturated rings. The number of hydrogen-bond acceptors (Lipinski definition) is 3. The first kappa shape index (κ1) is 14.9. The zero-order valence-corrected chi connectivity index (χ0v) is 12.2. The van der Waals surface area contributed by atoms with E-state index in [4.69, 9.17) is 4.42 Å². The molecule has 0 radical (unpaired) electrons. The molecule has 1 aromatic heterocycles. The lowest BCUT2D eigenvalue weighted by molar-refractivity contribution is -0.136. The van der Waals surface area contributed by atoms with Crippen LogP contribution in [0, 0.1) is 6.92 Å². The van der Waals surface area contributed by atoms with Crippen LogP contribution < -0.4 is 10.5 Å². The van der Waals surface area contributed by atoms with Crippen LogP contribution in [0.3, 0.4) is 0 Å². The quantitative estimate of drug-likeness (QED) is 0.743. The molecule has 0 amide bonds. The third-order valence-corrected chi connectivity index (χ3v) is 4.07. The molecule has 2 heterocycles. The predicted octanol–water partition coefficient (Wildman–Crippen LogP) is 4.11. The van der Waals surface area contributed by atoms with Gasteiger partial charge < -0.3 is 9.32 Å². The molecule has 1 aliphatic rings. The normalized spacial score (nSPS) is 16.3. The number of halogens is 3. The minimum absolute atomic E-state index is 0.0157. The van der Waals surface area contributed by atoms with Crippen LogP contribution in [0.15, 0.2) is 27.4 Å². The summed E-state index contributed by atoms with van der Waals surface area (Å²) < 4.78 is 46.2. The summed E-state index contributed by atoms with van der Waals surface area (Å²) in [5.41, 5.74) is -1.68. The number of anilines is 1. The number of benzene rings is 1. The van der Waals surface area contributed by atoms with Crippen molar-refractivity contribution < 1.29 is 17.6 Å². The van der Waals surface area contributed by atoms with E-state index in [1.165, 1.54) is 11.0 Å². The maximum atomic E-state index is 13.7. The average molecular weight is 311 g/mol. The van der Waals surface area contributed by atoms with Crippen LogP contribution in [0.1, 0.15) is 30.4 Å².